The number of aryl methyl sites for hydroxylation is 1. The number of nitrogens with two attached hydrogens (primary N) is 1. The topological polar surface area (TPSA) is 75.4 Å². The first kappa shape index (κ1) is 14.0. The highest BCUT2D eigenvalue weighted by Gasteiger charge is 2.12. The fraction of sp³-hybridized carbons (Fsp3) is 0.455. The lowest BCUT2D eigenvalue weighted by atomic mass is 10.1. The van der Waals surface area contributed by atoms with E-state index >= 15 is 0 Å². The minimum Gasteiger partial charge on any atom is -0.330 e. The van der Waals surface area contributed by atoms with Gasteiger partial charge in [-0.3, -0.25) is 4.72 Å². The van der Waals surface area contributed by atoms with E-state index in [1.54, 1.807) is 6.07 Å². The van der Waals surface area contributed by atoms with Crippen LogP contribution in [0, 0.1) is 0 Å². The minimum atomic E-state index is -3.43. The van der Waals surface area contributed by atoms with Gasteiger partial charge in [-0.25, -0.2) is 0 Å². The molecule has 0 aliphatic carbocycles. The molecule has 3 N–H and O–H groups in total. The summed E-state index contributed by atoms with van der Waals surface area (Å²) in [5.41, 5.74) is 7.09. The third-order valence-electron chi connectivity index (χ3n) is 2.32. The molecule has 0 radical (unpaired) electrons. The minimum absolute atomic E-state index is 0.577. The first-order chi connectivity index (χ1) is 7.95. The SMILES string of the molecule is CN(C)S(=O)(=O)Nc1cccc(CCCN)c1. The standard InChI is InChI=1S/C11H19N3O2S/c1-14(2)17(15,16)13-11-7-3-5-10(9-11)6-4-8-12/h3,5,7,9,13H,4,6,8,12H2,1-2H3. The zero-order valence-corrected chi connectivity index (χ0v) is 11.0. The molecule has 1 rings (SSSR count). The average molecular weight is 257 g/mol. The van der Waals surface area contributed by atoms with Crippen LogP contribution < -0.4 is 10.5 Å². The number of nitrogens with zero attached hydrogens (tertiary/aromatic N) is 1. The van der Waals surface area contributed by atoms with Gasteiger partial charge in [-0.15, -0.1) is 0 Å². The molecule has 0 aromatic heterocycles. The highest BCUT2D eigenvalue weighted by atomic mass is 32.2. The Morgan fingerprint density at radius 1 is 1.35 bits per heavy atom. The van der Waals surface area contributed by atoms with Crippen molar-refractivity contribution in [2.24, 2.45) is 5.73 Å². The molecule has 0 aliphatic heterocycles. The Kier molecular flexibility index (Phi) is 4.92. The van der Waals surface area contributed by atoms with Gasteiger partial charge in [-0.2, -0.15) is 12.7 Å². The summed E-state index contributed by atoms with van der Waals surface area (Å²) in [5, 5.41) is 0. The van der Waals surface area contributed by atoms with Gasteiger partial charge in [0.25, 0.3) is 0 Å². The Morgan fingerprint density at radius 3 is 2.65 bits per heavy atom. The fourth-order valence-electron chi connectivity index (χ4n) is 1.34. The maximum Gasteiger partial charge on any atom is 0.301 e. The summed E-state index contributed by atoms with van der Waals surface area (Å²) in [4.78, 5) is 0. The van der Waals surface area contributed by atoms with Gasteiger partial charge in [-0.1, -0.05) is 12.1 Å². The van der Waals surface area contributed by atoms with Crippen LogP contribution in [0.3, 0.4) is 0 Å². The van der Waals surface area contributed by atoms with Crippen molar-refractivity contribution in [1.29, 1.82) is 0 Å². The summed E-state index contributed by atoms with van der Waals surface area (Å²) < 4.78 is 26.9. The lowest BCUT2D eigenvalue weighted by Gasteiger charge is -2.13. The van der Waals surface area contributed by atoms with Crippen molar-refractivity contribution in [1.82, 2.24) is 4.31 Å². The van der Waals surface area contributed by atoms with Crippen molar-refractivity contribution < 1.29 is 8.42 Å². The number of anilines is 1. The van der Waals surface area contributed by atoms with E-state index in [0.717, 1.165) is 22.7 Å². The molecule has 0 saturated heterocycles. The number of hydrogen-bond acceptors (Lipinski definition) is 3. The van der Waals surface area contributed by atoms with Crippen LogP contribution in [0.1, 0.15) is 12.0 Å². The maximum atomic E-state index is 11.6. The smallest absolute Gasteiger partial charge is 0.301 e. The van der Waals surface area contributed by atoms with Crippen LogP contribution in [0.15, 0.2) is 24.3 Å². The number of benzene rings is 1. The Labute approximate surface area is 103 Å². The van der Waals surface area contributed by atoms with Gasteiger partial charge >= 0.3 is 10.2 Å². The highest BCUT2D eigenvalue weighted by molar-refractivity contribution is 7.90. The fourth-order valence-corrected chi connectivity index (χ4v) is 1.94. The van der Waals surface area contributed by atoms with Gasteiger partial charge in [0.15, 0.2) is 0 Å². The van der Waals surface area contributed by atoms with Crippen molar-refractivity contribution in [3.63, 3.8) is 0 Å². The van der Waals surface area contributed by atoms with Crippen LogP contribution in [0.5, 0.6) is 0 Å². The van der Waals surface area contributed by atoms with Gasteiger partial charge in [0.1, 0.15) is 0 Å². The first-order valence-corrected chi connectivity index (χ1v) is 6.89. The summed E-state index contributed by atoms with van der Waals surface area (Å²) in [6.45, 7) is 0.633. The van der Waals surface area contributed by atoms with Gasteiger partial charge in [-0.05, 0) is 37.1 Å². The van der Waals surface area contributed by atoms with Crippen molar-refractivity contribution in [2.75, 3.05) is 25.4 Å². The van der Waals surface area contributed by atoms with Gasteiger partial charge in [0.2, 0.25) is 0 Å². The Balaban J connectivity index is 2.79. The van der Waals surface area contributed by atoms with Gasteiger partial charge < -0.3 is 5.73 Å². The van der Waals surface area contributed by atoms with E-state index < -0.39 is 10.2 Å². The molecule has 17 heavy (non-hydrogen) atoms. The lowest BCUT2D eigenvalue weighted by molar-refractivity contribution is 0.527. The second-order valence-corrected chi connectivity index (χ2v) is 5.87. The van der Waals surface area contributed by atoms with Gasteiger partial charge in [0, 0.05) is 14.1 Å². The lowest BCUT2D eigenvalue weighted by Crippen LogP contribution is -2.28. The van der Waals surface area contributed by atoms with E-state index in [0.29, 0.717) is 12.2 Å². The van der Waals surface area contributed by atoms with Crippen LogP contribution in [-0.4, -0.2) is 33.4 Å². The van der Waals surface area contributed by atoms with E-state index in [1.807, 2.05) is 18.2 Å². The second-order valence-electron chi connectivity index (χ2n) is 3.98. The number of rotatable bonds is 6. The molecule has 0 heterocycles. The summed E-state index contributed by atoms with van der Waals surface area (Å²) in [6, 6.07) is 7.35. The molecule has 0 bridgehead atoms. The largest absolute Gasteiger partial charge is 0.330 e. The van der Waals surface area contributed by atoms with E-state index in [2.05, 4.69) is 4.72 Å². The van der Waals surface area contributed by atoms with Crippen LogP contribution in [0.25, 0.3) is 0 Å². The molecule has 0 unspecified atom stereocenters. The summed E-state index contributed by atoms with van der Waals surface area (Å²) >= 11 is 0. The van der Waals surface area contributed by atoms with Crippen LogP contribution in [-0.2, 0) is 16.6 Å². The highest BCUT2D eigenvalue weighted by Crippen LogP contribution is 2.14. The monoisotopic (exact) mass is 257 g/mol. The maximum absolute atomic E-state index is 11.6. The predicted molar refractivity (Wildman–Crippen MR) is 70.0 cm³/mol. The second kappa shape index (κ2) is 6.00. The average Bonchev–Trinajstić information content (AvgIpc) is 2.26. The molecule has 0 spiro atoms. The third-order valence-corrected chi connectivity index (χ3v) is 3.78. The van der Waals surface area contributed by atoms with Crippen molar-refractivity contribution in [3.05, 3.63) is 29.8 Å². The van der Waals surface area contributed by atoms with E-state index in [1.165, 1.54) is 14.1 Å². The van der Waals surface area contributed by atoms with E-state index in [9.17, 15) is 8.42 Å². The molecule has 96 valence electrons. The molecule has 0 atom stereocenters. The van der Waals surface area contributed by atoms with Crippen LogP contribution in [0.2, 0.25) is 0 Å². The van der Waals surface area contributed by atoms with Crippen molar-refractivity contribution in [3.8, 4) is 0 Å². The molecule has 6 heteroatoms. The molecule has 0 aliphatic rings. The van der Waals surface area contributed by atoms with Crippen LogP contribution >= 0.6 is 0 Å². The summed E-state index contributed by atoms with van der Waals surface area (Å²) in [6.07, 6.45) is 1.75. The normalized spacial score (nSPS) is 11.8. The third kappa shape index (κ3) is 4.33. The zero-order chi connectivity index (χ0) is 12.9. The molecule has 1 aromatic carbocycles. The van der Waals surface area contributed by atoms with E-state index in [-0.39, 0.29) is 0 Å². The molecule has 0 fully saturated rings. The zero-order valence-electron chi connectivity index (χ0n) is 10.2. The molecular formula is C11H19N3O2S. The number of hydrogen-bond donors (Lipinski definition) is 2. The van der Waals surface area contributed by atoms with Crippen molar-refractivity contribution in [2.45, 2.75) is 12.8 Å². The first-order valence-electron chi connectivity index (χ1n) is 5.45. The Morgan fingerprint density at radius 2 is 2.06 bits per heavy atom. The Hall–Kier alpha value is -1.11. The molecule has 0 saturated carbocycles. The quantitative estimate of drug-likeness (QED) is 0.791. The summed E-state index contributed by atoms with van der Waals surface area (Å²) in [7, 11) is -0.456. The molecule has 0 amide bonds. The van der Waals surface area contributed by atoms with Crippen LogP contribution in [0.4, 0.5) is 5.69 Å². The molecule has 1 aromatic rings. The predicted octanol–water partition coefficient (Wildman–Crippen LogP) is 0.796. The Bertz CT molecular complexity index is 458. The molecular weight excluding hydrogens is 238 g/mol. The van der Waals surface area contributed by atoms with Gasteiger partial charge in [0.05, 0.1) is 5.69 Å². The number of nitrogens with one attached hydrogen (secondary N) is 1. The molecule has 5 nitrogen and oxygen atoms in total. The summed E-state index contributed by atoms with van der Waals surface area (Å²) in [5.74, 6) is 0. The van der Waals surface area contributed by atoms with Crippen molar-refractivity contribution >= 4 is 15.9 Å². The van der Waals surface area contributed by atoms with E-state index in [4.69, 9.17) is 5.73 Å².